The Balaban J connectivity index is 1.87. The molecule has 2 heterocycles. The van der Waals surface area contributed by atoms with Gasteiger partial charge in [0.25, 0.3) is 0 Å². The first-order valence-corrected chi connectivity index (χ1v) is 8.60. The second kappa shape index (κ2) is 4.10. The van der Waals surface area contributed by atoms with Crippen LogP contribution in [0.4, 0.5) is 0 Å². The molecule has 0 radical (unpaired) electrons. The van der Waals surface area contributed by atoms with Gasteiger partial charge in [0.05, 0.1) is 11.0 Å². The maximum atomic E-state index is 13.6. The van der Waals surface area contributed by atoms with Crippen LogP contribution >= 0.6 is 0 Å². The summed E-state index contributed by atoms with van der Waals surface area (Å²) in [7, 11) is 0. The van der Waals surface area contributed by atoms with Crippen molar-refractivity contribution in [3.8, 4) is 5.75 Å². The van der Waals surface area contributed by atoms with Gasteiger partial charge in [0.1, 0.15) is 12.0 Å². The van der Waals surface area contributed by atoms with Crippen LogP contribution in [0.2, 0.25) is 0 Å². The fourth-order valence-electron chi connectivity index (χ4n) is 5.73. The lowest BCUT2D eigenvalue weighted by Crippen LogP contribution is -2.72. The summed E-state index contributed by atoms with van der Waals surface area (Å²) >= 11 is 0. The molecule has 1 saturated heterocycles. The van der Waals surface area contributed by atoms with Gasteiger partial charge in [-0.15, -0.1) is 0 Å². The standard InChI is InChI=1S/C20H18O5/c1-18(9-21)13-5-6-19(2)14(13)8-15-16(23)12-7-10(22)3-4-11(12)17(24)20(15,18)25-19/h3-4,7-9,13-14,22H,5-6H2,1-2H3/t13?,14?,18-,19+,20-/m0/s1. The fourth-order valence-corrected chi connectivity index (χ4v) is 5.73. The lowest BCUT2D eigenvalue weighted by molar-refractivity contribution is -0.219. The number of aldehydes is 1. The summed E-state index contributed by atoms with van der Waals surface area (Å²) in [6.07, 6.45) is 4.26. The lowest BCUT2D eigenvalue weighted by Gasteiger charge is -2.61. The molecular weight excluding hydrogens is 320 g/mol. The molecule has 5 aliphatic rings. The first-order chi connectivity index (χ1) is 11.8. The van der Waals surface area contributed by atoms with E-state index in [9.17, 15) is 19.5 Å². The Morgan fingerprint density at radius 2 is 2.00 bits per heavy atom. The van der Waals surface area contributed by atoms with Crippen LogP contribution in [0.1, 0.15) is 47.4 Å². The average molecular weight is 338 g/mol. The lowest BCUT2D eigenvalue weighted by atomic mass is 9.49. The Hall–Kier alpha value is -2.27. The van der Waals surface area contributed by atoms with Gasteiger partial charge in [-0.25, -0.2) is 0 Å². The zero-order valence-electron chi connectivity index (χ0n) is 14.0. The normalized spacial score (nSPS) is 43.5. The van der Waals surface area contributed by atoms with E-state index >= 15 is 0 Å². The van der Waals surface area contributed by atoms with E-state index in [1.165, 1.54) is 18.2 Å². The van der Waals surface area contributed by atoms with Crippen molar-refractivity contribution in [3.63, 3.8) is 0 Å². The van der Waals surface area contributed by atoms with Crippen molar-refractivity contribution in [1.82, 2.24) is 0 Å². The van der Waals surface area contributed by atoms with Crippen LogP contribution < -0.4 is 0 Å². The fraction of sp³-hybridized carbons (Fsp3) is 0.450. The smallest absolute Gasteiger partial charge is 0.201 e. The van der Waals surface area contributed by atoms with Crippen molar-refractivity contribution in [2.75, 3.05) is 0 Å². The van der Waals surface area contributed by atoms with Gasteiger partial charge in [-0.3, -0.25) is 9.59 Å². The summed E-state index contributed by atoms with van der Waals surface area (Å²) in [5.74, 6) is -0.813. The van der Waals surface area contributed by atoms with Crippen molar-refractivity contribution in [2.45, 2.75) is 37.9 Å². The van der Waals surface area contributed by atoms with Crippen molar-refractivity contribution >= 4 is 17.9 Å². The molecule has 0 aromatic heterocycles. The third-order valence-corrected chi connectivity index (χ3v) is 7.03. The maximum absolute atomic E-state index is 13.6. The van der Waals surface area contributed by atoms with E-state index < -0.39 is 16.6 Å². The number of phenolic OH excluding ortho intramolecular Hbond substituents is 1. The van der Waals surface area contributed by atoms with Crippen molar-refractivity contribution < 1.29 is 24.2 Å². The minimum absolute atomic E-state index is 0.0112. The molecule has 25 heavy (non-hydrogen) atoms. The summed E-state index contributed by atoms with van der Waals surface area (Å²) < 4.78 is 6.40. The van der Waals surface area contributed by atoms with Crippen molar-refractivity contribution in [2.24, 2.45) is 17.3 Å². The molecule has 1 saturated carbocycles. The molecule has 1 aromatic rings. The number of hydrogen-bond donors (Lipinski definition) is 1. The Labute approximate surface area is 144 Å². The van der Waals surface area contributed by atoms with E-state index in [0.717, 1.165) is 19.1 Å². The van der Waals surface area contributed by atoms with Crippen LogP contribution in [0.25, 0.3) is 0 Å². The highest BCUT2D eigenvalue weighted by Gasteiger charge is 2.76. The molecule has 1 aromatic carbocycles. The first kappa shape index (κ1) is 15.0. The predicted octanol–water partition coefficient (Wildman–Crippen LogP) is 2.47. The number of hydrogen-bond acceptors (Lipinski definition) is 5. The van der Waals surface area contributed by atoms with Gasteiger partial charge in [0, 0.05) is 22.6 Å². The van der Waals surface area contributed by atoms with Crippen LogP contribution in [0, 0.1) is 17.3 Å². The number of rotatable bonds is 1. The molecule has 4 bridgehead atoms. The third kappa shape index (κ3) is 1.36. The number of carbonyl (C=O) groups excluding carboxylic acids is 3. The minimum Gasteiger partial charge on any atom is -0.508 e. The molecule has 6 rings (SSSR count). The van der Waals surface area contributed by atoms with Gasteiger partial charge in [-0.2, -0.15) is 0 Å². The maximum Gasteiger partial charge on any atom is 0.201 e. The molecule has 5 nitrogen and oxygen atoms in total. The number of phenols is 1. The van der Waals surface area contributed by atoms with E-state index in [0.29, 0.717) is 0 Å². The molecule has 2 unspecified atom stereocenters. The Morgan fingerprint density at radius 1 is 1.24 bits per heavy atom. The highest BCUT2D eigenvalue weighted by atomic mass is 16.5. The van der Waals surface area contributed by atoms with Gasteiger partial charge >= 0.3 is 0 Å². The zero-order valence-corrected chi connectivity index (χ0v) is 14.0. The topological polar surface area (TPSA) is 80.7 Å². The molecule has 1 spiro atoms. The molecule has 0 amide bonds. The van der Waals surface area contributed by atoms with Gasteiger partial charge in [0.15, 0.2) is 11.4 Å². The average Bonchev–Trinajstić information content (AvgIpc) is 2.89. The van der Waals surface area contributed by atoms with Crippen LogP contribution in [0.15, 0.2) is 29.8 Å². The highest BCUT2D eigenvalue weighted by Crippen LogP contribution is 2.68. The number of ketones is 2. The summed E-state index contributed by atoms with van der Waals surface area (Å²) in [5.41, 5.74) is -2.48. The van der Waals surface area contributed by atoms with Crippen LogP contribution in [0.5, 0.6) is 5.75 Å². The van der Waals surface area contributed by atoms with Gasteiger partial charge in [0.2, 0.25) is 5.78 Å². The molecule has 1 N–H and O–H groups in total. The van der Waals surface area contributed by atoms with E-state index in [2.05, 4.69) is 0 Å². The minimum atomic E-state index is -1.56. The Kier molecular flexibility index (Phi) is 2.46. The van der Waals surface area contributed by atoms with Crippen LogP contribution in [0.3, 0.4) is 0 Å². The summed E-state index contributed by atoms with van der Waals surface area (Å²) in [4.78, 5) is 38.9. The van der Waals surface area contributed by atoms with E-state index in [-0.39, 0.29) is 45.9 Å². The van der Waals surface area contributed by atoms with Crippen LogP contribution in [-0.2, 0) is 9.53 Å². The number of carbonyl (C=O) groups is 3. The highest BCUT2D eigenvalue weighted by molar-refractivity contribution is 6.28. The molecule has 3 aliphatic carbocycles. The predicted molar refractivity (Wildman–Crippen MR) is 87.5 cm³/mol. The van der Waals surface area contributed by atoms with Gasteiger partial charge in [-0.1, -0.05) is 6.08 Å². The van der Waals surface area contributed by atoms with Crippen molar-refractivity contribution in [3.05, 3.63) is 41.0 Å². The summed E-state index contributed by atoms with van der Waals surface area (Å²) in [5, 5.41) is 9.73. The summed E-state index contributed by atoms with van der Waals surface area (Å²) in [6, 6.07) is 4.16. The quantitative estimate of drug-likeness (QED) is 0.796. The Bertz CT molecular complexity index is 915. The van der Waals surface area contributed by atoms with Crippen molar-refractivity contribution in [1.29, 1.82) is 0 Å². The molecule has 128 valence electrons. The Morgan fingerprint density at radius 3 is 2.72 bits per heavy atom. The number of Topliss-reactive ketones (excluding diaryl/α,β-unsaturated/α-hetero) is 2. The second-order valence-electron chi connectivity index (χ2n) is 8.14. The number of aromatic hydroxyl groups is 1. The number of benzene rings is 1. The number of fused-ring (bicyclic) bond motifs is 1. The first-order valence-electron chi connectivity index (χ1n) is 8.60. The second-order valence-corrected chi connectivity index (χ2v) is 8.14. The molecule has 5 heteroatoms. The molecular formula is C20H18O5. The largest absolute Gasteiger partial charge is 0.508 e. The van der Waals surface area contributed by atoms with E-state index in [1.54, 1.807) is 6.92 Å². The zero-order chi connectivity index (χ0) is 17.8. The number of ether oxygens (including phenoxy) is 1. The summed E-state index contributed by atoms with van der Waals surface area (Å²) in [6.45, 7) is 3.73. The van der Waals surface area contributed by atoms with E-state index in [1.807, 2.05) is 13.0 Å². The molecule has 2 fully saturated rings. The SMILES string of the molecule is C[C@@]12CCC3C1C=C1C(=O)c4cc(O)ccc4C(=O)[C@]1(O2)[C@@]3(C)C=O. The monoisotopic (exact) mass is 338 g/mol. The van der Waals surface area contributed by atoms with E-state index in [4.69, 9.17) is 4.74 Å². The third-order valence-electron chi connectivity index (χ3n) is 7.03. The van der Waals surface area contributed by atoms with Gasteiger partial charge < -0.3 is 14.6 Å². The van der Waals surface area contributed by atoms with Gasteiger partial charge in [-0.05, 0) is 50.8 Å². The van der Waals surface area contributed by atoms with Crippen LogP contribution in [-0.4, -0.2) is 34.2 Å². The molecule has 5 atom stereocenters. The molecule has 2 aliphatic heterocycles.